The summed E-state index contributed by atoms with van der Waals surface area (Å²) in [5.41, 5.74) is -1.60. The molecule has 0 unspecified atom stereocenters. The number of nitrogens with zero attached hydrogens (tertiary/aromatic N) is 3. The van der Waals surface area contributed by atoms with Gasteiger partial charge in [0.05, 0.1) is 0 Å². The van der Waals surface area contributed by atoms with E-state index >= 15 is 0 Å². The molecule has 4 rings (SSSR count). The van der Waals surface area contributed by atoms with Crippen LogP contribution in [0.25, 0.3) is 11.4 Å². The van der Waals surface area contributed by atoms with E-state index in [1.165, 1.54) is 0 Å². The first-order chi connectivity index (χ1) is 14.3. The Kier molecular flexibility index (Phi) is 5.15. The number of benzene rings is 1. The second-order valence-electron chi connectivity index (χ2n) is 7.05. The number of alkyl halides is 3. The lowest BCUT2D eigenvalue weighted by atomic mass is 10.1. The fourth-order valence-electron chi connectivity index (χ4n) is 3.45. The number of carbonyl (C=O) groups is 1. The standard InChI is InChI=1S/C20H18F3N5O2/c21-20(22,23)15-9-8-14(19(30)25-15)18(29)24-13-6-4-5-12(11-13)17-27-26-16-7-2-1-3-10-28(16)17/h4-6,8-9,11H,1-3,7,10H2,(H,24,29)(H,25,30). The number of aromatic amines is 1. The number of hydrogen-bond acceptors (Lipinski definition) is 4. The third kappa shape index (κ3) is 3.98. The van der Waals surface area contributed by atoms with Gasteiger partial charge in [0.1, 0.15) is 17.1 Å². The zero-order chi connectivity index (χ0) is 21.3. The van der Waals surface area contributed by atoms with Crippen LogP contribution < -0.4 is 10.9 Å². The van der Waals surface area contributed by atoms with Crippen LogP contribution in [0.1, 0.15) is 41.1 Å². The fourth-order valence-corrected chi connectivity index (χ4v) is 3.45. The van der Waals surface area contributed by atoms with Crippen LogP contribution in [-0.2, 0) is 19.1 Å². The maximum absolute atomic E-state index is 12.7. The van der Waals surface area contributed by atoms with Gasteiger partial charge in [-0.25, -0.2) is 0 Å². The molecular formula is C20H18F3N5O2. The average molecular weight is 417 g/mol. The van der Waals surface area contributed by atoms with Crippen molar-refractivity contribution in [3.05, 3.63) is 63.8 Å². The van der Waals surface area contributed by atoms with Gasteiger partial charge in [-0.1, -0.05) is 18.6 Å². The van der Waals surface area contributed by atoms with E-state index in [2.05, 4.69) is 20.1 Å². The molecule has 10 heteroatoms. The molecule has 1 amide bonds. The second kappa shape index (κ2) is 7.77. The number of carbonyl (C=O) groups excluding carboxylic acids is 1. The van der Waals surface area contributed by atoms with Crippen LogP contribution in [-0.4, -0.2) is 25.7 Å². The molecule has 0 fully saturated rings. The first-order valence-corrected chi connectivity index (χ1v) is 9.47. The molecule has 2 N–H and O–H groups in total. The smallest absolute Gasteiger partial charge is 0.322 e. The van der Waals surface area contributed by atoms with Crippen LogP contribution >= 0.6 is 0 Å². The summed E-state index contributed by atoms with van der Waals surface area (Å²) in [5, 5.41) is 11.1. The fraction of sp³-hybridized carbons (Fsp3) is 0.300. The SMILES string of the molecule is O=C(Nc1cccc(-c2nnc3n2CCCCC3)c1)c1ccc(C(F)(F)F)[nH]c1=O. The Hall–Kier alpha value is -3.43. The first-order valence-electron chi connectivity index (χ1n) is 9.47. The zero-order valence-corrected chi connectivity index (χ0v) is 15.8. The first kappa shape index (κ1) is 19.9. The van der Waals surface area contributed by atoms with Gasteiger partial charge in [-0.3, -0.25) is 9.59 Å². The predicted molar refractivity (Wildman–Crippen MR) is 103 cm³/mol. The molecule has 1 aliphatic heterocycles. The summed E-state index contributed by atoms with van der Waals surface area (Å²) in [5.74, 6) is 0.811. The molecule has 30 heavy (non-hydrogen) atoms. The molecule has 0 saturated heterocycles. The van der Waals surface area contributed by atoms with Crippen LogP contribution in [0.2, 0.25) is 0 Å². The molecule has 3 aromatic rings. The highest BCUT2D eigenvalue weighted by Gasteiger charge is 2.32. The van der Waals surface area contributed by atoms with Crippen LogP contribution in [0.5, 0.6) is 0 Å². The molecule has 0 bridgehead atoms. The van der Waals surface area contributed by atoms with Crippen molar-refractivity contribution in [2.24, 2.45) is 0 Å². The lowest BCUT2D eigenvalue weighted by molar-refractivity contribution is -0.141. The molecule has 1 aliphatic rings. The largest absolute Gasteiger partial charge is 0.431 e. The summed E-state index contributed by atoms with van der Waals surface area (Å²) in [6.07, 6.45) is -0.611. The summed E-state index contributed by atoms with van der Waals surface area (Å²) in [6.45, 7) is 0.815. The summed E-state index contributed by atoms with van der Waals surface area (Å²) in [4.78, 5) is 26.0. The minimum Gasteiger partial charge on any atom is -0.322 e. The molecule has 2 aromatic heterocycles. The van der Waals surface area contributed by atoms with Crippen molar-refractivity contribution in [3.8, 4) is 11.4 Å². The number of halogens is 3. The Morgan fingerprint density at radius 2 is 1.93 bits per heavy atom. The van der Waals surface area contributed by atoms with E-state index in [0.717, 1.165) is 49.7 Å². The number of nitrogens with one attached hydrogen (secondary N) is 2. The summed E-state index contributed by atoms with van der Waals surface area (Å²) in [6, 6.07) is 8.40. The number of H-pyrrole nitrogens is 1. The summed E-state index contributed by atoms with van der Waals surface area (Å²) >= 11 is 0. The quantitative estimate of drug-likeness (QED) is 0.681. The number of aromatic nitrogens is 4. The van der Waals surface area contributed by atoms with Crippen molar-refractivity contribution in [3.63, 3.8) is 0 Å². The van der Waals surface area contributed by atoms with E-state index < -0.39 is 28.9 Å². The van der Waals surface area contributed by atoms with E-state index in [0.29, 0.717) is 17.6 Å². The van der Waals surface area contributed by atoms with Gasteiger partial charge in [-0.2, -0.15) is 13.2 Å². The van der Waals surface area contributed by atoms with Crippen molar-refractivity contribution in [1.82, 2.24) is 19.7 Å². The average Bonchev–Trinajstić information content (AvgIpc) is 2.95. The Bertz CT molecular complexity index is 1150. The molecule has 0 aliphatic carbocycles. The van der Waals surface area contributed by atoms with Crippen molar-refractivity contribution in [1.29, 1.82) is 0 Å². The maximum Gasteiger partial charge on any atom is 0.431 e. The highest BCUT2D eigenvalue weighted by molar-refractivity contribution is 6.04. The highest BCUT2D eigenvalue weighted by Crippen LogP contribution is 2.27. The number of hydrogen-bond donors (Lipinski definition) is 2. The zero-order valence-electron chi connectivity index (χ0n) is 15.8. The third-order valence-corrected chi connectivity index (χ3v) is 4.95. The van der Waals surface area contributed by atoms with Crippen LogP contribution in [0.4, 0.5) is 18.9 Å². The maximum atomic E-state index is 12.7. The van der Waals surface area contributed by atoms with E-state index in [9.17, 15) is 22.8 Å². The Balaban J connectivity index is 1.58. The monoisotopic (exact) mass is 417 g/mol. The van der Waals surface area contributed by atoms with Gasteiger partial charge in [-0.15, -0.1) is 10.2 Å². The molecule has 1 aromatic carbocycles. The van der Waals surface area contributed by atoms with Gasteiger partial charge in [0.2, 0.25) is 0 Å². The summed E-state index contributed by atoms with van der Waals surface area (Å²) in [7, 11) is 0. The van der Waals surface area contributed by atoms with E-state index in [4.69, 9.17) is 0 Å². The molecule has 156 valence electrons. The minimum atomic E-state index is -4.70. The normalized spacial score (nSPS) is 14.1. The van der Waals surface area contributed by atoms with Crippen LogP contribution in [0.3, 0.4) is 0 Å². The van der Waals surface area contributed by atoms with Crippen molar-refractivity contribution in [2.75, 3.05) is 5.32 Å². The minimum absolute atomic E-state index is 0.391. The highest BCUT2D eigenvalue weighted by atomic mass is 19.4. The van der Waals surface area contributed by atoms with Gasteiger partial charge in [0.15, 0.2) is 5.82 Å². The van der Waals surface area contributed by atoms with Crippen molar-refractivity contribution < 1.29 is 18.0 Å². The molecule has 0 saturated carbocycles. The molecule has 3 heterocycles. The topological polar surface area (TPSA) is 92.7 Å². The van der Waals surface area contributed by atoms with Crippen molar-refractivity contribution >= 4 is 11.6 Å². The van der Waals surface area contributed by atoms with E-state index in [1.807, 2.05) is 6.07 Å². The Labute approximate surface area is 169 Å². The van der Waals surface area contributed by atoms with Gasteiger partial charge < -0.3 is 14.9 Å². The predicted octanol–water partition coefficient (Wildman–Crippen LogP) is 3.63. The second-order valence-corrected chi connectivity index (χ2v) is 7.05. The number of pyridine rings is 1. The number of aryl methyl sites for hydroxylation is 1. The molecule has 0 radical (unpaired) electrons. The lowest BCUT2D eigenvalue weighted by Gasteiger charge is -2.10. The molecule has 0 spiro atoms. The number of amides is 1. The van der Waals surface area contributed by atoms with E-state index in [-0.39, 0.29) is 0 Å². The van der Waals surface area contributed by atoms with Gasteiger partial charge in [0.25, 0.3) is 11.5 Å². The third-order valence-electron chi connectivity index (χ3n) is 4.95. The molecule has 0 atom stereocenters. The number of fused-ring (bicyclic) bond motifs is 1. The molecular weight excluding hydrogens is 399 g/mol. The van der Waals surface area contributed by atoms with E-state index in [1.54, 1.807) is 23.2 Å². The number of anilines is 1. The van der Waals surface area contributed by atoms with Gasteiger partial charge in [-0.05, 0) is 37.1 Å². The number of rotatable bonds is 3. The lowest BCUT2D eigenvalue weighted by Crippen LogP contribution is -2.25. The summed E-state index contributed by atoms with van der Waals surface area (Å²) < 4.78 is 40.1. The Morgan fingerprint density at radius 3 is 2.70 bits per heavy atom. The van der Waals surface area contributed by atoms with Gasteiger partial charge >= 0.3 is 6.18 Å². The molecule has 7 nitrogen and oxygen atoms in total. The van der Waals surface area contributed by atoms with Crippen LogP contribution in [0.15, 0.2) is 41.2 Å². The van der Waals surface area contributed by atoms with Crippen LogP contribution in [0, 0.1) is 0 Å². The van der Waals surface area contributed by atoms with Crippen molar-refractivity contribution in [2.45, 2.75) is 38.4 Å². The Morgan fingerprint density at radius 1 is 1.10 bits per heavy atom. The van der Waals surface area contributed by atoms with Gasteiger partial charge in [0, 0.05) is 24.2 Å².